The molecule has 1 aromatic rings. The molecule has 1 heterocycles. The van der Waals surface area contributed by atoms with Gasteiger partial charge in [0.25, 0.3) is 5.70 Å². The van der Waals surface area contributed by atoms with Gasteiger partial charge in [-0.25, -0.2) is 8.42 Å². The lowest BCUT2D eigenvalue weighted by Gasteiger charge is -2.05. The van der Waals surface area contributed by atoms with Crippen molar-refractivity contribution in [3.8, 4) is 0 Å². The Morgan fingerprint density at radius 3 is 2.47 bits per heavy atom. The molecular formula is C10H9N3O5S. The molecule has 0 aromatic heterocycles. The van der Waals surface area contributed by atoms with Gasteiger partial charge in [-0.15, -0.1) is 0 Å². The van der Waals surface area contributed by atoms with Crippen LogP contribution in [0.25, 0.3) is 0 Å². The topological polar surface area (TPSA) is 122 Å². The fraction of sp³-hybridized carbons (Fsp3) is 0.100. The maximum absolute atomic E-state index is 11.6. The van der Waals surface area contributed by atoms with Crippen LogP contribution in [0, 0.1) is 10.1 Å². The number of nitro groups is 1. The van der Waals surface area contributed by atoms with Gasteiger partial charge >= 0.3 is 0 Å². The third-order valence-corrected chi connectivity index (χ3v) is 4.01. The van der Waals surface area contributed by atoms with Crippen molar-refractivity contribution in [3.05, 3.63) is 51.8 Å². The average Bonchev–Trinajstić information content (AvgIpc) is 2.61. The number of nitrogens with zero attached hydrogens (tertiary/aromatic N) is 2. The average molecular weight is 283 g/mol. The monoisotopic (exact) mass is 283 g/mol. The summed E-state index contributed by atoms with van der Waals surface area (Å²) in [5.41, 5.74) is -0.398. The molecule has 2 rings (SSSR count). The van der Waals surface area contributed by atoms with Gasteiger partial charge in [0.15, 0.2) is 5.70 Å². The second kappa shape index (κ2) is 4.69. The molecule has 0 atom stereocenters. The Morgan fingerprint density at radius 2 is 1.95 bits per heavy atom. The number of sulfone groups is 1. The van der Waals surface area contributed by atoms with Gasteiger partial charge in [-0.2, -0.15) is 0 Å². The van der Waals surface area contributed by atoms with Crippen molar-refractivity contribution in [2.24, 2.45) is 5.16 Å². The number of benzene rings is 1. The Kier molecular flexibility index (Phi) is 3.21. The Balaban J connectivity index is 2.49. The molecule has 8 nitrogen and oxygen atoms in total. The fourth-order valence-electron chi connectivity index (χ4n) is 1.65. The highest BCUT2D eigenvalue weighted by Gasteiger charge is 2.43. The van der Waals surface area contributed by atoms with E-state index in [2.05, 4.69) is 10.5 Å². The van der Waals surface area contributed by atoms with E-state index in [0.29, 0.717) is 5.69 Å². The molecular weight excluding hydrogens is 274 g/mol. The number of anilines is 1. The normalized spacial score (nSPS) is 19.7. The van der Waals surface area contributed by atoms with E-state index in [1.807, 2.05) is 0 Å². The molecule has 1 aromatic carbocycles. The van der Waals surface area contributed by atoms with Gasteiger partial charge in [-0.05, 0) is 12.1 Å². The van der Waals surface area contributed by atoms with Gasteiger partial charge in [0.05, 0.1) is 4.92 Å². The highest BCUT2D eigenvalue weighted by Crippen LogP contribution is 2.24. The van der Waals surface area contributed by atoms with Crippen LogP contribution in [0.1, 0.15) is 0 Å². The maximum atomic E-state index is 11.6. The summed E-state index contributed by atoms with van der Waals surface area (Å²) in [6, 6.07) is 8.29. The Hall–Kier alpha value is -2.42. The summed E-state index contributed by atoms with van der Waals surface area (Å²) >= 11 is 0. The minimum absolute atomic E-state index is 0.307. The van der Waals surface area contributed by atoms with E-state index in [4.69, 9.17) is 5.21 Å². The maximum Gasteiger partial charge on any atom is 0.287 e. The zero-order chi connectivity index (χ0) is 14.0. The predicted octanol–water partition coefficient (Wildman–Crippen LogP) is 0.803. The highest BCUT2D eigenvalue weighted by atomic mass is 32.2. The molecule has 0 radical (unpaired) electrons. The van der Waals surface area contributed by atoms with E-state index in [-0.39, 0.29) is 5.70 Å². The van der Waals surface area contributed by atoms with E-state index < -0.39 is 31.3 Å². The SMILES string of the molecule is O=[N+]([O-])C1=C(Nc2ccccc2)/C(=N\O)S(=O)(=O)C1. The lowest BCUT2D eigenvalue weighted by molar-refractivity contribution is -0.423. The number of rotatable bonds is 3. The molecule has 0 saturated carbocycles. The van der Waals surface area contributed by atoms with Gasteiger partial charge in [0.2, 0.25) is 14.9 Å². The van der Waals surface area contributed by atoms with Gasteiger partial charge in [-0.3, -0.25) is 10.1 Å². The van der Waals surface area contributed by atoms with Crippen molar-refractivity contribution in [2.75, 3.05) is 11.1 Å². The molecule has 2 N–H and O–H groups in total. The number of nitrogens with one attached hydrogen (secondary N) is 1. The van der Waals surface area contributed by atoms with Crippen LogP contribution in [0.15, 0.2) is 46.9 Å². The van der Waals surface area contributed by atoms with Gasteiger partial charge in [0, 0.05) is 5.69 Å². The van der Waals surface area contributed by atoms with Gasteiger partial charge in [0.1, 0.15) is 5.75 Å². The summed E-state index contributed by atoms with van der Waals surface area (Å²) in [5, 5.41) is 24.2. The Labute approximate surface area is 108 Å². The zero-order valence-corrected chi connectivity index (χ0v) is 10.3. The summed E-state index contributed by atoms with van der Waals surface area (Å²) < 4.78 is 23.3. The minimum atomic E-state index is -3.98. The second-order valence-electron chi connectivity index (χ2n) is 3.73. The van der Waals surface area contributed by atoms with Crippen LogP contribution in [-0.4, -0.2) is 29.3 Å². The van der Waals surface area contributed by atoms with Crippen LogP contribution >= 0.6 is 0 Å². The smallest absolute Gasteiger partial charge is 0.287 e. The lowest BCUT2D eigenvalue weighted by atomic mass is 10.3. The first-order valence-corrected chi connectivity index (χ1v) is 6.75. The molecule has 0 amide bonds. The third kappa shape index (κ3) is 2.40. The molecule has 0 aliphatic carbocycles. The molecule has 9 heteroatoms. The van der Waals surface area contributed by atoms with E-state index in [1.54, 1.807) is 30.3 Å². The van der Waals surface area contributed by atoms with E-state index in [9.17, 15) is 18.5 Å². The summed E-state index contributed by atoms with van der Waals surface area (Å²) in [7, 11) is -3.98. The van der Waals surface area contributed by atoms with Crippen LogP contribution < -0.4 is 5.32 Å². The van der Waals surface area contributed by atoms with Crippen LogP contribution in [0.5, 0.6) is 0 Å². The largest absolute Gasteiger partial charge is 0.410 e. The molecule has 1 aliphatic heterocycles. The van der Waals surface area contributed by atoms with Crippen LogP contribution in [0.4, 0.5) is 5.69 Å². The summed E-state index contributed by atoms with van der Waals surface area (Å²) in [6.45, 7) is 0. The number of hydrogen-bond acceptors (Lipinski definition) is 7. The van der Waals surface area contributed by atoms with Gasteiger partial charge < -0.3 is 10.5 Å². The molecule has 0 fully saturated rings. The van der Waals surface area contributed by atoms with E-state index >= 15 is 0 Å². The molecule has 100 valence electrons. The molecule has 19 heavy (non-hydrogen) atoms. The first-order valence-electron chi connectivity index (χ1n) is 5.10. The molecule has 0 spiro atoms. The number of para-hydroxylation sites is 1. The van der Waals surface area contributed by atoms with Crippen LogP contribution in [0.2, 0.25) is 0 Å². The fourth-order valence-corrected chi connectivity index (χ4v) is 3.00. The lowest BCUT2D eigenvalue weighted by Crippen LogP contribution is -2.16. The highest BCUT2D eigenvalue weighted by molar-refractivity contribution is 8.07. The number of oxime groups is 1. The third-order valence-electron chi connectivity index (χ3n) is 2.48. The molecule has 0 bridgehead atoms. The predicted molar refractivity (Wildman–Crippen MR) is 67.1 cm³/mol. The standard InChI is InChI=1S/C10H9N3O5S/c14-12-10-9(11-7-4-2-1-3-5-7)8(13(15)16)6-19(10,17)18/h1-5,11,14H,6H2/b12-10+. The first-order chi connectivity index (χ1) is 8.95. The van der Waals surface area contributed by atoms with Crippen molar-refractivity contribution in [1.29, 1.82) is 0 Å². The first kappa shape index (κ1) is 13.0. The minimum Gasteiger partial charge on any atom is -0.410 e. The van der Waals surface area contributed by atoms with Crippen molar-refractivity contribution in [3.63, 3.8) is 0 Å². The van der Waals surface area contributed by atoms with Gasteiger partial charge in [-0.1, -0.05) is 23.4 Å². The second-order valence-corrected chi connectivity index (χ2v) is 5.64. The Bertz CT molecular complexity index is 678. The van der Waals surface area contributed by atoms with E-state index in [0.717, 1.165) is 0 Å². The molecule has 0 saturated heterocycles. The summed E-state index contributed by atoms with van der Waals surface area (Å²) in [6.07, 6.45) is 0. The zero-order valence-electron chi connectivity index (χ0n) is 9.48. The van der Waals surface area contributed by atoms with Crippen LogP contribution in [0.3, 0.4) is 0 Å². The summed E-state index contributed by atoms with van der Waals surface area (Å²) in [4.78, 5) is 10.1. The number of hydrogen-bond donors (Lipinski definition) is 2. The van der Waals surface area contributed by atoms with E-state index in [1.165, 1.54) is 0 Å². The van der Waals surface area contributed by atoms with Crippen molar-refractivity contribution in [1.82, 2.24) is 0 Å². The summed E-state index contributed by atoms with van der Waals surface area (Å²) in [5.74, 6) is -0.797. The van der Waals surface area contributed by atoms with Crippen molar-refractivity contribution in [2.45, 2.75) is 0 Å². The molecule has 0 unspecified atom stereocenters. The quantitative estimate of drug-likeness (QED) is 0.480. The molecule has 1 aliphatic rings. The Morgan fingerprint density at radius 1 is 1.32 bits per heavy atom. The van der Waals surface area contributed by atoms with Crippen molar-refractivity contribution < 1.29 is 18.5 Å². The van der Waals surface area contributed by atoms with Crippen LogP contribution in [-0.2, 0) is 9.84 Å². The van der Waals surface area contributed by atoms with Crippen molar-refractivity contribution >= 4 is 20.6 Å².